The van der Waals surface area contributed by atoms with Gasteiger partial charge in [0.2, 0.25) is 0 Å². The summed E-state index contributed by atoms with van der Waals surface area (Å²) in [7, 11) is 0. The highest BCUT2D eigenvalue weighted by Gasteiger charge is 2.37. The molecule has 0 N–H and O–H groups in total. The predicted molar refractivity (Wildman–Crippen MR) is 172 cm³/mol. The lowest BCUT2D eigenvalue weighted by Crippen LogP contribution is -2.53. The highest BCUT2D eigenvalue weighted by Crippen LogP contribution is 2.43. The molecule has 2 aromatic rings. The third kappa shape index (κ3) is 8.40. The van der Waals surface area contributed by atoms with E-state index in [-0.39, 0.29) is 5.41 Å². The van der Waals surface area contributed by atoms with Crippen LogP contribution in [0.1, 0.15) is 82.0 Å². The van der Waals surface area contributed by atoms with Crippen molar-refractivity contribution in [3.05, 3.63) is 77.2 Å². The molecule has 1 atom stereocenters. The Bertz CT molecular complexity index is 1160. The van der Waals surface area contributed by atoms with Gasteiger partial charge in [-0.1, -0.05) is 68.0 Å². The fourth-order valence-electron chi connectivity index (χ4n) is 5.09. The molecule has 1 aromatic carbocycles. The van der Waals surface area contributed by atoms with Gasteiger partial charge in [-0.3, -0.25) is 0 Å². The van der Waals surface area contributed by atoms with Crippen LogP contribution >= 0.6 is 23.3 Å². The van der Waals surface area contributed by atoms with Crippen molar-refractivity contribution < 1.29 is 0 Å². The van der Waals surface area contributed by atoms with Crippen LogP contribution in [-0.4, -0.2) is 23.4 Å². The average Bonchev–Trinajstić information content (AvgIpc) is 3.29. The largest absolute Gasteiger partial charge is 0.338 e. The number of hydrogen-bond donors (Lipinski definition) is 0. The van der Waals surface area contributed by atoms with E-state index < -0.39 is 0 Å². The van der Waals surface area contributed by atoms with Gasteiger partial charge in [0.25, 0.3) is 0 Å². The van der Waals surface area contributed by atoms with Crippen molar-refractivity contribution in [2.24, 2.45) is 11.3 Å². The zero-order valence-electron chi connectivity index (χ0n) is 24.4. The predicted octanol–water partition coefficient (Wildman–Crippen LogP) is 9.97. The van der Waals surface area contributed by atoms with Gasteiger partial charge >= 0.3 is 0 Å². The zero-order valence-corrected chi connectivity index (χ0v) is 26.0. The second-order valence-corrected chi connectivity index (χ2v) is 13.9. The minimum atomic E-state index is -0.0133. The average molecular weight is 547 g/mol. The van der Waals surface area contributed by atoms with Crippen molar-refractivity contribution in [2.45, 2.75) is 84.6 Å². The quantitative estimate of drug-likeness (QED) is 0.209. The molecule has 4 rings (SSSR count). The van der Waals surface area contributed by atoms with E-state index in [0.29, 0.717) is 12.0 Å². The van der Waals surface area contributed by atoms with Crippen molar-refractivity contribution in [3.8, 4) is 11.8 Å². The molecule has 1 unspecified atom stereocenters. The van der Waals surface area contributed by atoms with E-state index in [2.05, 4.69) is 106 Å². The molecule has 38 heavy (non-hydrogen) atoms. The Kier molecular flexibility index (Phi) is 11.0. The van der Waals surface area contributed by atoms with Crippen LogP contribution in [0.25, 0.3) is 5.57 Å². The number of nitrogens with zero attached hydrogens (tertiary/aromatic N) is 2. The van der Waals surface area contributed by atoms with Crippen LogP contribution in [0, 0.1) is 30.1 Å². The molecule has 0 bridgehead atoms. The number of benzene rings is 1. The van der Waals surface area contributed by atoms with E-state index in [1.165, 1.54) is 58.8 Å². The summed E-state index contributed by atoms with van der Waals surface area (Å²) >= 11 is 3.66. The molecule has 2 aliphatic rings. The molecule has 1 aliphatic heterocycles. The topological polar surface area (TPSA) is 6.48 Å². The first kappa shape index (κ1) is 30.4. The highest BCUT2D eigenvalue weighted by molar-refractivity contribution is 7.97. The molecular formula is C34H46N2S2. The number of allylic oxidation sites excluding steroid dienone is 2. The van der Waals surface area contributed by atoms with E-state index in [9.17, 15) is 0 Å². The van der Waals surface area contributed by atoms with Crippen LogP contribution in [0.3, 0.4) is 0 Å². The lowest BCUT2D eigenvalue weighted by Gasteiger charge is -2.47. The van der Waals surface area contributed by atoms with Gasteiger partial charge in [-0.15, -0.1) is 17.9 Å². The van der Waals surface area contributed by atoms with E-state index in [1.54, 1.807) is 17.4 Å². The number of aryl methyl sites for hydroxylation is 1. The maximum absolute atomic E-state index is 4.63. The minimum absolute atomic E-state index is 0.0133. The summed E-state index contributed by atoms with van der Waals surface area (Å²) in [6.45, 7) is 26.9. The SMILES string of the molecule is C=C(C)c1sc(C#CC(C)(C)C)cc1N1C(=C)CN(Sc2ccc(C)cc2)CC1C1CCCCC1.C=CC. The van der Waals surface area contributed by atoms with E-state index in [1.807, 2.05) is 18.9 Å². The van der Waals surface area contributed by atoms with Gasteiger partial charge in [0.1, 0.15) is 0 Å². The van der Waals surface area contributed by atoms with Gasteiger partial charge in [0.05, 0.1) is 21.5 Å². The fourth-order valence-corrected chi connectivity index (χ4v) is 7.02. The first-order valence-electron chi connectivity index (χ1n) is 13.9. The number of hydrogen-bond acceptors (Lipinski definition) is 4. The summed E-state index contributed by atoms with van der Waals surface area (Å²) in [4.78, 5) is 6.26. The number of piperazine rings is 1. The van der Waals surface area contributed by atoms with Crippen LogP contribution in [0.2, 0.25) is 0 Å². The van der Waals surface area contributed by atoms with Gasteiger partial charge in [-0.05, 0) is 96.0 Å². The maximum atomic E-state index is 4.63. The summed E-state index contributed by atoms with van der Waals surface area (Å²) in [6, 6.07) is 11.6. The van der Waals surface area contributed by atoms with Crippen molar-refractivity contribution in [1.29, 1.82) is 0 Å². The Labute approximate surface area is 241 Å². The maximum Gasteiger partial charge on any atom is 0.0796 e. The molecule has 4 heteroatoms. The number of thiophene rings is 1. The highest BCUT2D eigenvalue weighted by atomic mass is 32.2. The first-order chi connectivity index (χ1) is 18.0. The summed E-state index contributed by atoms with van der Waals surface area (Å²) < 4.78 is 2.52. The van der Waals surface area contributed by atoms with Crippen LogP contribution in [0.4, 0.5) is 5.69 Å². The molecule has 1 aliphatic carbocycles. The van der Waals surface area contributed by atoms with Crippen molar-refractivity contribution in [2.75, 3.05) is 18.0 Å². The standard InChI is InChI=1S/C31H40N2S2.C3H6/c1-22(2)30-28(19-27(34-30)17-18-31(5,6)7)33-24(4)20-32(35-26-15-13-23(3)14-16-26)21-29(33)25-11-9-8-10-12-25;1-3-2/h13-16,19,25,29H,1,4,8-12,20-21H2,2-3,5-7H3;3H,1H2,2H3. The molecule has 2 fully saturated rings. The normalized spacial score (nSPS) is 18.7. The molecule has 1 saturated heterocycles. The Balaban J connectivity index is 0.00000127. The summed E-state index contributed by atoms with van der Waals surface area (Å²) in [5, 5.41) is 0. The summed E-state index contributed by atoms with van der Waals surface area (Å²) in [6.07, 6.45) is 8.41. The molecule has 1 aromatic heterocycles. The third-order valence-electron chi connectivity index (χ3n) is 6.79. The van der Waals surface area contributed by atoms with E-state index in [4.69, 9.17) is 0 Å². The Morgan fingerprint density at radius 2 is 1.76 bits per heavy atom. The smallest absolute Gasteiger partial charge is 0.0796 e. The minimum Gasteiger partial charge on any atom is -0.338 e. The molecule has 0 spiro atoms. The van der Waals surface area contributed by atoms with Crippen LogP contribution in [0.5, 0.6) is 0 Å². The van der Waals surface area contributed by atoms with Crippen LogP contribution in [0.15, 0.2) is 66.7 Å². The first-order valence-corrected chi connectivity index (χ1v) is 15.5. The molecule has 2 nitrogen and oxygen atoms in total. The molecular weight excluding hydrogens is 501 g/mol. The van der Waals surface area contributed by atoms with Gasteiger partial charge in [0.15, 0.2) is 0 Å². The molecule has 2 heterocycles. The second kappa shape index (κ2) is 13.7. The fraction of sp³-hybridized carbons (Fsp3) is 0.471. The van der Waals surface area contributed by atoms with Crippen LogP contribution in [-0.2, 0) is 0 Å². The third-order valence-corrected chi connectivity index (χ3v) is 9.01. The number of anilines is 1. The van der Waals surface area contributed by atoms with Gasteiger partial charge < -0.3 is 4.90 Å². The second-order valence-electron chi connectivity index (χ2n) is 11.6. The molecule has 0 amide bonds. The van der Waals surface area contributed by atoms with E-state index >= 15 is 0 Å². The Hall–Kier alpha value is -2.19. The summed E-state index contributed by atoms with van der Waals surface area (Å²) in [5.74, 6) is 7.56. The van der Waals surface area contributed by atoms with E-state index in [0.717, 1.165) is 23.5 Å². The van der Waals surface area contributed by atoms with Crippen molar-refractivity contribution in [1.82, 2.24) is 4.31 Å². The Morgan fingerprint density at radius 1 is 1.13 bits per heavy atom. The Morgan fingerprint density at radius 3 is 2.34 bits per heavy atom. The van der Waals surface area contributed by atoms with Gasteiger partial charge in [-0.25, -0.2) is 4.31 Å². The van der Waals surface area contributed by atoms with Gasteiger partial charge in [0, 0.05) is 29.1 Å². The molecule has 1 saturated carbocycles. The number of rotatable bonds is 5. The monoisotopic (exact) mass is 546 g/mol. The van der Waals surface area contributed by atoms with Crippen molar-refractivity contribution in [3.63, 3.8) is 0 Å². The van der Waals surface area contributed by atoms with Crippen molar-refractivity contribution >= 4 is 34.5 Å². The van der Waals surface area contributed by atoms with Crippen LogP contribution < -0.4 is 4.90 Å². The molecule has 0 radical (unpaired) electrons. The molecule has 204 valence electrons. The lowest BCUT2D eigenvalue weighted by molar-refractivity contribution is 0.252. The summed E-state index contributed by atoms with van der Waals surface area (Å²) in [5.41, 5.74) is 4.85. The van der Waals surface area contributed by atoms with Gasteiger partial charge in [-0.2, -0.15) is 0 Å². The lowest BCUT2D eigenvalue weighted by atomic mass is 9.82. The zero-order chi connectivity index (χ0) is 27.9.